The van der Waals surface area contributed by atoms with E-state index in [0.29, 0.717) is 5.56 Å². The maximum absolute atomic E-state index is 12.3. The van der Waals surface area contributed by atoms with Gasteiger partial charge in [-0.1, -0.05) is 30.3 Å². The molecule has 9 nitrogen and oxygen atoms in total. The smallest absolute Gasteiger partial charge is 0.322 e. The number of aliphatic hydroxyl groups excluding tert-OH is 1. The van der Waals surface area contributed by atoms with Gasteiger partial charge in [-0.3, -0.25) is 14.9 Å². The summed E-state index contributed by atoms with van der Waals surface area (Å²) in [5, 5.41) is 60.1. The van der Waals surface area contributed by atoms with E-state index in [2.05, 4.69) is 0 Å². The molecular weight excluding hydrogens is 310 g/mol. The van der Waals surface area contributed by atoms with Crippen molar-refractivity contribution in [3.05, 3.63) is 57.8 Å². The first-order valence-electron chi connectivity index (χ1n) is 6.58. The van der Waals surface area contributed by atoms with Gasteiger partial charge in [0.2, 0.25) is 5.79 Å². The minimum Gasteiger partial charge on any atom is -0.506 e. The highest BCUT2D eigenvalue weighted by atomic mass is 16.6. The Hall–Kier alpha value is -2.33. The van der Waals surface area contributed by atoms with Crippen LogP contribution in [0, 0.1) is 16.0 Å². The van der Waals surface area contributed by atoms with Crippen molar-refractivity contribution in [3.63, 3.8) is 0 Å². The van der Waals surface area contributed by atoms with Crippen LogP contribution in [0.2, 0.25) is 0 Å². The highest BCUT2D eigenvalue weighted by molar-refractivity contribution is 5.85. The second-order valence-corrected chi connectivity index (χ2v) is 5.38. The van der Waals surface area contributed by atoms with Crippen LogP contribution >= 0.6 is 0 Å². The molecule has 0 bridgehead atoms. The van der Waals surface area contributed by atoms with Crippen LogP contribution in [0.25, 0.3) is 0 Å². The summed E-state index contributed by atoms with van der Waals surface area (Å²) in [5.74, 6) is -11.2. The zero-order chi connectivity index (χ0) is 17.4. The SMILES string of the molecule is O=C(Cc1ccccc1)C1C(O)(O)C=C(O)C([N+](=O)[O-])C1(O)O. The van der Waals surface area contributed by atoms with Crippen molar-refractivity contribution in [1.82, 2.24) is 0 Å². The summed E-state index contributed by atoms with van der Waals surface area (Å²) >= 11 is 0. The Morgan fingerprint density at radius 3 is 2.26 bits per heavy atom. The maximum Gasteiger partial charge on any atom is 0.322 e. The van der Waals surface area contributed by atoms with E-state index < -0.39 is 46.4 Å². The lowest BCUT2D eigenvalue weighted by Gasteiger charge is -2.40. The lowest BCUT2D eigenvalue weighted by Crippen LogP contribution is -2.66. The summed E-state index contributed by atoms with van der Waals surface area (Å²) in [7, 11) is 0. The molecule has 1 aromatic rings. The highest BCUT2D eigenvalue weighted by Gasteiger charge is 2.65. The second-order valence-electron chi connectivity index (χ2n) is 5.38. The summed E-state index contributed by atoms with van der Waals surface area (Å²) < 4.78 is 0. The van der Waals surface area contributed by atoms with Gasteiger partial charge in [0, 0.05) is 17.4 Å². The number of Topliss-reactive ketones (excluding diaryl/α,β-unsaturated/α-hetero) is 1. The van der Waals surface area contributed by atoms with E-state index >= 15 is 0 Å². The predicted octanol–water partition coefficient (Wildman–Crippen LogP) is -1.12. The van der Waals surface area contributed by atoms with Gasteiger partial charge in [0.05, 0.1) is 0 Å². The molecule has 0 radical (unpaired) electrons. The lowest BCUT2D eigenvalue weighted by atomic mass is 9.75. The van der Waals surface area contributed by atoms with Crippen molar-refractivity contribution in [2.24, 2.45) is 5.92 Å². The van der Waals surface area contributed by atoms with E-state index in [1.165, 1.54) is 0 Å². The molecule has 124 valence electrons. The number of hydrogen-bond acceptors (Lipinski definition) is 8. The van der Waals surface area contributed by atoms with Crippen LogP contribution in [-0.2, 0) is 11.2 Å². The molecule has 0 saturated heterocycles. The Morgan fingerprint density at radius 2 is 1.74 bits per heavy atom. The van der Waals surface area contributed by atoms with Crippen molar-refractivity contribution in [2.75, 3.05) is 0 Å². The number of nitro groups is 1. The topological polar surface area (TPSA) is 161 Å². The van der Waals surface area contributed by atoms with Crippen LogP contribution in [-0.4, -0.2) is 53.9 Å². The Bertz CT molecular complexity index is 652. The van der Waals surface area contributed by atoms with Crippen LogP contribution in [0.4, 0.5) is 0 Å². The monoisotopic (exact) mass is 325 g/mol. The molecule has 1 aromatic carbocycles. The Kier molecular flexibility index (Phi) is 4.22. The van der Waals surface area contributed by atoms with E-state index in [-0.39, 0.29) is 6.08 Å². The van der Waals surface area contributed by atoms with Crippen LogP contribution in [0.1, 0.15) is 5.56 Å². The van der Waals surface area contributed by atoms with E-state index in [4.69, 9.17) is 0 Å². The molecule has 0 aliphatic heterocycles. The molecule has 0 spiro atoms. The molecule has 9 heteroatoms. The van der Waals surface area contributed by atoms with E-state index in [1.54, 1.807) is 30.3 Å². The van der Waals surface area contributed by atoms with Crippen LogP contribution < -0.4 is 0 Å². The van der Waals surface area contributed by atoms with Crippen molar-refractivity contribution in [3.8, 4) is 0 Å². The number of carbonyl (C=O) groups excluding carboxylic acids is 1. The summed E-state index contributed by atoms with van der Waals surface area (Å²) in [6, 6.07) is 5.54. The molecule has 0 fully saturated rings. The minimum absolute atomic E-state index is 0.263. The molecule has 2 unspecified atom stereocenters. The molecule has 0 heterocycles. The van der Waals surface area contributed by atoms with Gasteiger partial charge in [-0.25, -0.2) is 0 Å². The van der Waals surface area contributed by atoms with Crippen molar-refractivity contribution in [2.45, 2.75) is 24.0 Å². The van der Waals surface area contributed by atoms with Crippen LogP contribution in [0.5, 0.6) is 0 Å². The number of nitrogens with zero attached hydrogens (tertiary/aromatic N) is 1. The summed E-state index contributed by atoms with van der Waals surface area (Å²) in [5.41, 5.74) is 0.445. The van der Waals surface area contributed by atoms with Gasteiger partial charge in [0.1, 0.15) is 5.92 Å². The zero-order valence-corrected chi connectivity index (χ0v) is 11.7. The third-order valence-corrected chi connectivity index (χ3v) is 3.65. The first kappa shape index (κ1) is 17.0. The summed E-state index contributed by atoms with van der Waals surface area (Å²) in [6.45, 7) is 0. The Labute approximate surface area is 129 Å². The second kappa shape index (κ2) is 5.70. The molecule has 0 saturated carbocycles. The molecule has 23 heavy (non-hydrogen) atoms. The predicted molar refractivity (Wildman–Crippen MR) is 74.5 cm³/mol. The molecule has 0 amide bonds. The van der Waals surface area contributed by atoms with E-state index in [9.17, 15) is 40.4 Å². The van der Waals surface area contributed by atoms with Crippen LogP contribution in [0.3, 0.4) is 0 Å². The first-order chi connectivity index (χ1) is 10.6. The van der Waals surface area contributed by atoms with E-state index in [1.807, 2.05) is 0 Å². The number of rotatable bonds is 4. The number of ketones is 1. The molecule has 5 N–H and O–H groups in total. The van der Waals surface area contributed by atoms with Crippen molar-refractivity contribution in [1.29, 1.82) is 0 Å². The van der Waals surface area contributed by atoms with Gasteiger partial charge in [0.25, 0.3) is 5.79 Å². The average molecular weight is 325 g/mol. The van der Waals surface area contributed by atoms with Gasteiger partial charge in [-0.05, 0) is 5.56 Å². The van der Waals surface area contributed by atoms with Gasteiger partial charge >= 0.3 is 6.04 Å². The van der Waals surface area contributed by atoms with Gasteiger partial charge in [0.15, 0.2) is 11.5 Å². The molecule has 1 aliphatic carbocycles. The maximum atomic E-state index is 12.3. The highest BCUT2D eigenvalue weighted by Crippen LogP contribution is 2.39. The van der Waals surface area contributed by atoms with Crippen LogP contribution in [0.15, 0.2) is 42.2 Å². The third kappa shape index (κ3) is 3.08. The number of hydrogen-bond donors (Lipinski definition) is 5. The summed E-state index contributed by atoms with van der Waals surface area (Å²) in [4.78, 5) is 22.0. The zero-order valence-electron chi connectivity index (χ0n) is 11.7. The van der Waals surface area contributed by atoms with E-state index in [0.717, 1.165) is 0 Å². The largest absolute Gasteiger partial charge is 0.506 e. The normalized spacial score (nSPS) is 25.5. The first-order valence-corrected chi connectivity index (χ1v) is 6.58. The fraction of sp³-hybridized carbons (Fsp3) is 0.357. The number of aliphatic hydroxyl groups is 5. The number of carbonyl (C=O) groups is 1. The molecular formula is C14H15NO8. The van der Waals surface area contributed by atoms with Crippen molar-refractivity contribution >= 4 is 5.78 Å². The average Bonchev–Trinajstić information content (AvgIpc) is 2.35. The van der Waals surface area contributed by atoms with Gasteiger partial charge < -0.3 is 25.5 Å². The molecule has 1 aliphatic rings. The van der Waals surface area contributed by atoms with Gasteiger partial charge in [-0.2, -0.15) is 0 Å². The third-order valence-electron chi connectivity index (χ3n) is 3.65. The molecule has 2 atom stereocenters. The standard InChI is InChI=1S/C14H15NO8/c16-9(6-8-4-2-1-3-5-8)11-13(18,19)7-10(17)12(15(22)23)14(11,20)21/h1-5,7,11-12,17-21H,6H2. The lowest BCUT2D eigenvalue weighted by molar-refractivity contribution is -0.566. The molecule has 0 aromatic heterocycles. The fourth-order valence-corrected chi connectivity index (χ4v) is 2.70. The fourth-order valence-electron chi connectivity index (χ4n) is 2.70. The van der Waals surface area contributed by atoms with Crippen molar-refractivity contribution < 1.29 is 35.3 Å². The summed E-state index contributed by atoms with van der Waals surface area (Å²) in [6.07, 6.45) is -0.144. The minimum atomic E-state index is -3.47. The molecule has 2 rings (SSSR count). The van der Waals surface area contributed by atoms with Gasteiger partial charge in [-0.15, -0.1) is 0 Å². The Morgan fingerprint density at radius 1 is 1.17 bits per heavy atom. The quantitative estimate of drug-likeness (QED) is 0.264. The number of benzene rings is 1. The Balaban J connectivity index is 2.42.